The minimum Gasteiger partial charge on any atom is -0.383 e. The number of carbonyl (C=O) groups is 2. The summed E-state index contributed by atoms with van der Waals surface area (Å²) in [4.78, 5) is 26.3. The van der Waals surface area contributed by atoms with Gasteiger partial charge in [-0.3, -0.25) is 9.59 Å². The molecule has 2 amide bonds. The SMILES string of the molecule is COCCN1CC(C(=O)NCC(c2ccccc2)S(=O)(=O)c2ccc(F)cc2)CC1=O. The van der Waals surface area contributed by atoms with E-state index in [0.29, 0.717) is 18.7 Å². The monoisotopic (exact) mass is 448 g/mol. The Kier molecular flexibility index (Phi) is 7.40. The van der Waals surface area contributed by atoms with Crippen molar-refractivity contribution in [3.63, 3.8) is 0 Å². The third kappa shape index (κ3) is 5.48. The van der Waals surface area contributed by atoms with Gasteiger partial charge in [-0.15, -0.1) is 0 Å². The van der Waals surface area contributed by atoms with Crippen molar-refractivity contribution in [3.8, 4) is 0 Å². The first-order valence-electron chi connectivity index (χ1n) is 9.91. The number of carbonyl (C=O) groups excluding carboxylic acids is 2. The molecule has 0 radical (unpaired) electrons. The summed E-state index contributed by atoms with van der Waals surface area (Å²) in [5, 5.41) is 1.65. The zero-order valence-corrected chi connectivity index (χ0v) is 18.0. The number of methoxy groups -OCH3 is 1. The lowest BCUT2D eigenvalue weighted by Gasteiger charge is -2.20. The normalized spacial score (nSPS) is 17.5. The van der Waals surface area contributed by atoms with Crippen LogP contribution in [-0.2, 0) is 24.2 Å². The number of rotatable bonds is 9. The van der Waals surface area contributed by atoms with Crippen molar-refractivity contribution in [1.29, 1.82) is 0 Å². The molecule has 7 nitrogen and oxygen atoms in total. The van der Waals surface area contributed by atoms with E-state index in [2.05, 4.69) is 5.32 Å². The first-order valence-corrected chi connectivity index (χ1v) is 11.5. The highest BCUT2D eigenvalue weighted by molar-refractivity contribution is 7.91. The average molecular weight is 449 g/mol. The number of halogens is 1. The Morgan fingerprint density at radius 3 is 2.52 bits per heavy atom. The van der Waals surface area contributed by atoms with Crippen molar-refractivity contribution in [2.75, 3.05) is 33.4 Å². The first kappa shape index (κ1) is 22.9. The molecule has 1 aliphatic heterocycles. The van der Waals surface area contributed by atoms with Crippen LogP contribution >= 0.6 is 0 Å². The number of likely N-dealkylation sites (tertiary alicyclic amines) is 1. The van der Waals surface area contributed by atoms with E-state index in [1.807, 2.05) is 0 Å². The second-order valence-corrected chi connectivity index (χ2v) is 9.51. The number of sulfone groups is 1. The fourth-order valence-corrected chi connectivity index (χ4v) is 5.23. The highest BCUT2D eigenvalue weighted by Crippen LogP contribution is 2.29. The Balaban J connectivity index is 1.75. The number of hydrogen-bond acceptors (Lipinski definition) is 5. The van der Waals surface area contributed by atoms with E-state index in [1.54, 1.807) is 35.2 Å². The van der Waals surface area contributed by atoms with E-state index in [9.17, 15) is 22.4 Å². The summed E-state index contributed by atoms with van der Waals surface area (Å²) in [7, 11) is -2.36. The van der Waals surface area contributed by atoms with Gasteiger partial charge in [-0.2, -0.15) is 0 Å². The fourth-order valence-electron chi connectivity index (χ4n) is 3.57. The summed E-state index contributed by atoms with van der Waals surface area (Å²) in [6.07, 6.45) is 0.0796. The van der Waals surface area contributed by atoms with Gasteiger partial charge in [-0.05, 0) is 29.8 Å². The molecule has 0 aromatic heterocycles. The first-order chi connectivity index (χ1) is 14.8. The van der Waals surface area contributed by atoms with E-state index in [4.69, 9.17) is 4.74 Å². The van der Waals surface area contributed by atoms with Crippen LogP contribution in [0.2, 0.25) is 0 Å². The predicted molar refractivity (Wildman–Crippen MR) is 112 cm³/mol. The molecule has 2 aromatic carbocycles. The molecule has 166 valence electrons. The van der Waals surface area contributed by atoms with Gasteiger partial charge in [0.2, 0.25) is 11.8 Å². The van der Waals surface area contributed by atoms with Gasteiger partial charge >= 0.3 is 0 Å². The molecular weight excluding hydrogens is 423 g/mol. The van der Waals surface area contributed by atoms with Crippen LogP contribution in [0.5, 0.6) is 0 Å². The minimum absolute atomic E-state index is 0.0289. The zero-order chi connectivity index (χ0) is 22.4. The van der Waals surface area contributed by atoms with Gasteiger partial charge < -0.3 is 15.0 Å². The number of amides is 2. The Morgan fingerprint density at radius 2 is 1.87 bits per heavy atom. The molecule has 1 heterocycles. The minimum atomic E-state index is -3.90. The molecule has 0 bridgehead atoms. The summed E-state index contributed by atoms with van der Waals surface area (Å²) in [6, 6.07) is 13.1. The van der Waals surface area contributed by atoms with Gasteiger partial charge in [0.1, 0.15) is 11.1 Å². The Bertz CT molecular complexity index is 1010. The van der Waals surface area contributed by atoms with Crippen LogP contribution in [0.3, 0.4) is 0 Å². The maximum Gasteiger partial charge on any atom is 0.225 e. The molecule has 3 rings (SSSR count). The van der Waals surface area contributed by atoms with Crippen LogP contribution in [0.1, 0.15) is 17.2 Å². The lowest BCUT2D eigenvalue weighted by atomic mass is 10.1. The van der Waals surface area contributed by atoms with Crippen LogP contribution in [-0.4, -0.2) is 58.5 Å². The fraction of sp³-hybridized carbons (Fsp3) is 0.364. The molecule has 0 aliphatic carbocycles. The lowest BCUT2D eigenvalue weighted by Crippen LogP contribution is -2.37. The number of nitrogens with zero attached hydrogens (tertiary/aromatic N) is 1. The van der Waals surface area contributed by atoms with Gasteiger partial charge in [0, 0.05) is 33.2 Å². The Labute approximate surface area is 181 Å². The van der Waals surface area contributed by atoms with E-state index in [1.165, 1.54) is 19.2 Å². The molecule has 0 spiro atoms. The Morgan fingerprint density at radius 1 is 1.19 bits per heavy atom. The van der Waals surface area contributed by atoms with Gasteiger partial charge in [0.15, 0.2) is 9.84 Å². The summed E-state index contributed by atoms with van der Waals surface area (Å²) in [5.41, 5.74) is 0.511. The van der Waals surface area contributed by atoms with Crippen LogP contribution in [0.25, 0.3) is 0 Å². The van der Waals surface area contributed by atoms with Gasteiger partial charge in [-0.1, -0.05) is 30.3 Å². The van der Waals surface area contributed by atoms with Gasteiger partial charge in [0.25, 0.3) is 0 Å². The number of benzene rings is 2. The Hall–Kier alpha value is -2.78. The average Bonchev–Trinajstić information content (AvgIpc) is 3.13. The molecule has 0 saturated carbocycles. The zero-order valence-electron chi connectivity index (χ0n) is 17.2. The van der Waals surface area contributed by atoms with Crippen molar-refractivity contribution in [2.24, 2.45) is 5.92 Å². The molecule has 2 unspecified atom stereocenters. The predicted octanol–water partition coefficient (Wildman–Crippen LogP) is 1.95. The molecule has 2 aromatic rings. The van der Waals surface area contributed by atoms with Crippen molar-refractivity contribution in [1.82, 2.24) is 10.2 Å². The molecule has 31 heavy (non-hydrogen) atoms. The third-order valence-corrected chi connectivity index (χ3v) is 7.42. The van der Waals surface area contributed by atoms with E-state index in [-0.39, 0.29) is 36.2 Å². The maximum absolute atomic E-state index is 13.3. The van der Waals surface area contributed by atoms with Crippen LogP contribution in [0.15, 0.2) is 59.5 Å². The molecule has 1 saturated heterocycles. The summed E-state index contributed by atoms with van der Waals surface area (Å²) in [5.74, 6) is -1.58. The number of hydrogen-bond donors (Lipinski definition) is 1. The smallest absolute Gasteiger partial charge is 0.225 e. The maximum atomic E-state index is 13.3. The van der Waals surface area contributed by atoms with Crippen molar-refractivity contribution >= 4 is 21.7 Å². The van der Waals surface area contributed by atoms with E-state index in [0.717, 1.165) is 12.1 Å². The molecule has 1 fully saturated rings. The third-order valence-electron chi connectivity index (χ3n) is 5.30. The number of ether oxygens (including phenoxy) is 1. The van der Waals surface area contributed by atoms with Crippen LogP contribution in [0, 0.1) is 11.7 Å². The van der Waals surface area contributed by atoms with Gasteiger partial charge in [-0.25, -0.2) is 12.8 Å². The summed E-state index contributed by atoms with van der Waals surface area (Å²) < 4.78 is 44.8. The van der Waals surface area contributed by atoms with Crippen molar-refractivity contribution < 1.29 is 27.1 Å². The number of nitrogens with one attached hydrogen (secondary N) is 1. The molecule has 2 atom stereocenters. The topological polar surface area (TPSA) is 92.8 Å². The highest BCUT2D eigenvalue weighted by Gasteiger charge is 2.35. The van der Waals surface area contributed by atoms with E-state index >= 15 is 0 Å². The second kappa shape index (κ2) is 10.0. The largest absolute Gasteiger partial charge is 0.383 e. The molecule has 9 heteroatoms. The van der Waals surface area contributed by atoms with Crippen LogP contribution in [0.4, 0.5) is 4.39 Å². The van der Waals surface area contributed by atoms with Gasteiger partial charge in [0.05, 0.1) is 17.4 Å². The lowest BCUT2D eigenvalue weighted by molar-refractivity contribution is -0.129. The summed E-state index contributed by atoms with van der Waals surface area (Å²) >= 11 is 0. The second-order valence-electron chi connectivity index (χ2n) is 7.38. The van der Waals surface area contributed by atoms with E-state index < -0.39 is 26.8 Å². The van der Waals surface area contributed by atoms with Crippen molar-refractivity contribution in [2.45, 2.75) is 16.6 Å². The standard InChI is InChI=1S/C22H25FN2O5S/c1-30-12-11-25-15-17(13-21(25)26)22(27)24-14-20(16-5-3-2-4-6-16)31(28,29)19-9-7-18(23)8-10-19/h2-10,17,20H,11-15H2,1H3,(H,24,27). The van der Waals surface area contributed by atoms with Crippen LogP contribution < -0.4 is 5.32 Å². The molecule has 1 N–H and O–H groups in total. The molecular formula is C22H25FN2O5S. The highest BCUT2D eigenvalue weighted by atomic mass is 32.2. The van der Waals surface area contributed by atoms with Crippen molar-refractivity contribution in [3.05, 3.63) is 66.0 Å². The molecule has 1 aliphatic rings. The quantitative estimate of drug-likeness (QED) is 0.592. The summed E-state index contributed by atoms with van der Waals surface area (Å²) in [6.45, 7) is 0.900.